The maximum absolute atomic E-state index is 4.76. The van der Waals surface area contributed by atoms with Gasteiger partial charge in [0, 0.05) is 49.1 Å². The van der Waals surface area contributed by atoms with E-state index in [1.54, 1.807) is 11.3 Å². The van der Waals surface area contributed by atoms with Gasteiger partial charge in [0.1, 0.15) is 0 Å². The van der Waals surface area contributed by atoms with E-state index in [0.29, 0.717) is 0 Å². The summed E-state index contributed by atoms with van der Waals surface area (Å²) < 4.78 is 3.31. The number of benzene rings is 4. The Labute approximate surface area is 209 Å². The van der Waals surface area contributed by atoms with E-state index in [-0.39, 0.29) is 20.1 Å². The van der Waals surface area contributed by atoms with E-state index in [1.807, 2.05) is 36.1 Å². The molecular weight excluding hydrogens is 603 g/mol. The summed E-state index contributed by atoms with van der Waals surface area (Å²) in [6, 6.07) is 34.9. The summed E-state index contributed by atoms with van der Waals surface area (Å²) in [6.45, 7) is 0. The van der Waals surface area contributed by atoms with Crippen molar-refractivity contribution in [3.8, 4) is 39.3 Å². The molecule has 0 aliphatic rings. The predicted octanol–water partition coefficient (Wildman–Crippen LogP) is 7.28. The Morgan fingerprint density at radius 1 is 0.727 bits per heavy atom. The number of nitrogens with zero attached hydrogens (tertiary/aromatic N) is 3. The van der Waals surface area contributed by atoms with E-state index in [9.17, 15) is 0 Å². The van der Waals surface area contributed by atoms with Gasteiger partial charge in [-0.25, -0.2) is 0 Å². The summed E-state index contributed by atoms with van der Waals surface area (Å²) >= 11 is 1.63. The van der Waals surface area contributed by atoms with Crippen LogP contribution < -0.4 is 0 Å². The molecule has 0 fully saturated rings. The van der Waals surface area contributed by atoms with Gasteiger partial charge in [-0.05, 0) is 15.8 Å². The molecule has 0 aliphatic carbocycles. The molecule has 0 unspecified atom stereocenters. The van der Waals surface area contributed by atoms with Crippen LogP contribution in [0.1, 0.15) is 0 Å². The Morgan fingerprint density at radius 2 is 1.39 bits per heavy atom. The maximum atomic E-state index is 4.76. The van der Waals surface area contributed by atoms with E-state index < -0.39 is 0 Å². The summed E-state index contributed by atoms with van der Waals surface area (Å²) in [5, 5.41) is 0. The molecule has 1 radical (unpaired) electrons. The molecule has 0 bridgehead atoms. The van der Waals surface area contributed by atoms with Crippen LogP contribution in [0.5, 0.6) is 0 Å². The van der Waals surface area contributed by atoms with E-state index in [1.165, 1.54) is 0 Å². The quantitative estimate of drug-likeness (QED) is 0.194. The predicted molar refractivity (Wildman–Crippen MR) is 132 cm³/mol. The second-order valence-electron chi connectivity index (χ2n) is 7.47. The van der Waals surface area contributed by atoms with Gasteiger partial charge in [0.15, 0.2) is 0 Å². The van der Waals surface area contributed by atoms with Crippen LogP contribution in [-0.4, -0.2) is 14.5 Å². The minimum Gasteiger partial charge on any atom is -0.339 e. The number of thiazole rings is 1. The minimum atomic E-state index is 0. The second kappa shape index (κ2) is 9.24. The van der Waals surface area contributed by atoms with Gasteiger partial charge < -0.3 is 4.57 Å². The van der Waals surface area contributed by atoms with Crippen molar-refractivity contribution in [1.82, 2.24) is 14.5 Å². The fourth-order valence-corrected chi connectivity index (χ4v) is 4.86. The van der Waals surface area contributed by atoms with Crippen LogP contribution >= 0.6 is 11.3 Å². The van der Waals surface area contributed by atoms with Crippen LogP contribution in [0, 0.1) is 6.07 Å². The number of imidazole rings is 1. The summed E-state index contributed by atoms with van der Waals surface area (Å²) in [5.74, 6) is 0.835. The van der Waals surface area contributed by atoms with Crippen molar-refractivity contribution in [3.05, 3.63) is 115 Å². The smallest absolute Gasteiger partial charge is 0.0674 e. The summed E-state index contributed by atoms with van der Waals surface area (Å²) in [7, 11) is 0. The van der Waals surface area contributed by atoms with Crippen molar-refractivity contribution in [3.63, 3.8) is 0 Å². The molecule has 4 aromatic carbocycles. The number of aromatic nitrogens is 3. The van der Waals surface area contributed by atoms with Crippen molar-refractivity contribution < 1.29 is 20.1 Å². The first-order chi connectivity index (χ1) is 15.9. The minimum absolute atomic E-state index is 0. The van der Waals surface area contributed by atoms with Gasteiger partial charge in [0.05, 0.1) is 17.0 Å². The Balaban J connectivity index is 0.00000228. The molecule has 5 heteroatoms. The Morgan fingerprint density at radius 3 is 2.06 bits per heavy atom. The molecule has 0 aliphatic heterocycles. The fourth-order valence-electron chi connectivity index (χ4n) is 4.17. The van der Waals surface area contributed by atoms with E-state index in [4.69, 9.17) is 4.98 Å². The van der Waals surface area contributed by atoms with Gasteiger partial charge in [-0.1, -0.05) is 84.4 Å². The maximum Gasteiger partial charge on any atom is 0.0674 e. The number of rotatable bonds is 4. The van der Waals surface area contributed by atoms with Crippen LogP contribution in [0.2, 0.25) is 0 Å². The SMILES string of the molecule is [Ir].[c-]1ccc2scnc2c1-c1nccn1-c1c(-c2ccccc2)cccc1-c1ccccc1. The van der Waals surface area contributed by atoms with E-state index >= 15 is 0 Å². The zero-order chi connectivity index (χ0) is 21.3. The van der Waals surface area contributed by atoms with Gasteiger partial charge in [0.2, 0.25) is 0 Å². The van der Waals surface area contributed by atoms with Gasteiger partial charge in [0.25, 0.3) is 0 Å². The molecule has 0 amide bonds. The zero-order valence-corrected chi connectivity index (χ0v) is 20.7. The normalized spacial score (nSPS) is 10.8. The topological polar surface area (TPSA) is 30.7 Å². The van der Waals surface area contributed by atoms with Gasteiger partial charge in [-0.3, -0.25) is 9.97 Å². The Kier molecular flexibility index (Phi) is 6.01. The van der Waals surface area contributed by atoms with Gasteiger partial charge in [-0.2, -0.15) is 0 Å². The molecule has 0 atom stereocenters. The third kappa shape index (κ3) is 3.85. The zero-order valence-electron chi connectivity index (χ0n) is 17.5. The summed E-state index contributed by atoms with van der Waals surface area (Å²) in [5.41, 5.74) is 9.44. The second-order valence-corrected chi connectivity index (χ2v) is 8.36. The molecule has 0 spiro atoms. The number of hydrogen-bond acceptors (Lipinski definition) is 3. The third-order valence-corrected chi connectivity index (χ3v) is 6.40. The molecule has 0 saturated carbocycles. The van der Waals surface area contributed by atoms with Crippen LogP contribution in [-0.2, 0) is 20.1 Å². The Hall–Kier alpha value is -3.37. The van der Waals surface area contributed by atoms with E-state index in [0.717, 1.165) is 49.5 Å². The van der Waals surface area contributed by atoms with E-state index in [2.05, 4.69) is 88.4 Å². The molecule has 0 saturated heterocycles. The average Bonchev–Trinajstić information content (AvgIpc) is 3.54. The molecule has 6 rings (SSSR count). The average molecular weight is 621 g/mol. The molecular formula is C28H18IrN3S-. The number of fused-ring (bicyclic) bond motifs is 1. The first-order valence-corrected chi connectivity index (χ1v) is 11.3. The molecule has 3 nitrogen and oxygen atoms in total. The largest absolute Gasteiger partial charge is 0.339 e. The fraction of sp³-hybridized carbons (Fsp3) is 0. The molecule has 6 aromatic rings. The van der Waals surface area contributed by atoms with Crippen molar-refractivity contribution in [2.75, 3.05) is 0 Å². The first kappa shape index (κ1) is 21.5. The number of para-hydroxylation sites is 1. The molecule has 33 heavy (non-hydrogen) atoms. The number of hydrogen-bond donors (Lipinski definition) is 0. The summed E-state index contributed by atoms with van der Waals surface area (Å²) in [6.07, 6.45) is 3.88. The van der Waals surface area contributed by atoms with Gasteiger partial charge in [-0.15, -0.1) is 29.5 Å². The third-order valence-electron chi connectivity index (χ3n) is 5.60. The summed E-state index contributed by atoms with van der Waals surface area (Å²) in [4.78, 5) is 9.36. The van der Waals surface area contributed by atoms with Crippen molar-refractivity contribution >= 4 is 21.6 Å². The van der Waals surface area contributed by atoms with Crippen LogP contribution in [0.15, 0.2) is 109 Å². The molecule has 2 aromatic heterocycles. The molecule has 0 N–H and O–H groups in total. The van der Waals surface area contributed by atoms with Crippen LogP contribution in [0.3, 0.4) is 0 Å². The first-order valence-electron chi connectivity index (χ1n) is 10.4. The van der Waals surface area contributed by atoms with Gasteiger partial charge >= 0.3 is 0 Å². The van der Waals surface area contributed by atoms with Crippen molar-refractivity contribution in [1.29, 1.82) is 0 Å². The monoisotopic (exact) mass is 621 g/mol. The molecule has 161 valence electrons. The molecule has 2 heterocycles. The van der Waals surface area contributed by atoms with Crippen LogP contribution in [0.25, 0.3) is 49.5 Å². The standard InChI is InChI=1S/C28H18N3S.Ir/c1-3-9-20(10-4-1)22-13-7-14-23(21-11-5-2-6-12-21)27(22)31-18-17-29-28(31)24-15-8-16-25-26(24)30-19-32-25;/h1-14,16-19H;/q-1;. The van der Waals surface area contributed by atoms with Crippen LogP contribution in [0.4, 0.5) is 0 Å². The Bertz CT molecular complexity index is 1460. The van der Waals surface area contributed by atoms with Crippen molar-refractivity contribution in [2.45, 2.75) is 0 Å². The van der Waals surface area contributed by atoms with Crippen molar-refractivity contribution in [2.24, 2.45) is 0 Å².